The van der Waals surface area contributed by atoms with Crippen LogP contribution in [0.2, 0.25) is 0 Å². The first-order valence-electron chi connectivity index (χ1n) is 11.6. The zero-order chi connectivity index (χ0) is 25.8. The number of nitrogens with zero attached hydrogens (tertiary/aromatic N) is 3. The van der Waals surface area contributed by atoms with Gasteiger partial charge >= 0.3 is 0 Å². The van der Waals surface area contributed by atoms with Gasteiger partial charge in [0.2, 0.25) is 0 Å². The van der Waals surface area contributed by atoms with Crippen LogP contribution in [0.3, 0.4) is 0 Å². The first-order valence-corrected chi connectivity index (χ1v) is 14.0. The van der Waals surface area contributed by atoms with Gasteiger partial charge in [-0.3, -0.25) is 9.59 Å². The monoisotopic (exact) mass is 682 g/mol. The molecule has 3 aromatic rings. The molecule has 1 heterocycles. The number of hydrogen-bond acceptors (Lipinski definition) is 6. The molecule has 36 heavy (non-hydrogen) atoms. The van der Waals surface area contributed by atoms with Crippen LogP contribution in [0.25, 0.3) is 10.9 Å². The van der Waals surface area contributed by atoms with Crippen LogP contribution in [0.4, 0.5) is 0 Å². The summed E-state index contributed by atoms with van der Waals surface area (Å²) < 4.78 is 14.7. The smallest absolute Gasteiger partial charge is 0.282 e. The number of rotatable bonds is 8. The highest BCUT2D eigenvalue weighted by Gasteiger charge is 2.23. The van der Waals surface area contributed by atoms with Crippen molar-refractivity contribution in [1.82, 2.24) is 9.66 Å². The molecule has 2 aromatic carbocycles. The fourth-order valence-electron chi connectivity index (χ4n) is 4.26. The van der Waals surface area contributed by atoms with Gasteiger partial charge in [0.1, 0.15) is 5.82 Å². The molecule has 1 aliphatic carbocycles. The molecule has 11 heteroatoms. The lowest BCUT2D eigenvalue weighted by Crippen LogP contribution is -2.25. The van der Waals surface area contributed by atoms with E-state index in [1.54, 1.807) is 18.3 Å². The van der Waals surface area contributed by atoms with Gasteiger partial charge in [0.15, 0.2) is 18.1 Å². The average Bonchev–Trinajstić information content (AvgIpc) is 2.86. The van der Waals surface area contributed by atoms with E-state index >= 15 is 0 Å². The lowest BCUT2D eigenvalue weighted by Gasteiger charge is -2.23. The van der Waals surface area contributed by atoms with Crippen molar-refractivity contribution < 1.29 is 14.3 Å². The van der Waals surface area contributed by atoms with Crippen molar-refractivity contribution in [3.63, 3.8) is 0 Å². The number of hydrogen-bond donors (Lipinski definition) is 1. The van der Waals surface area contributed by atoms with Crippen molar-refractivity contribution in [3.05, 3.63) is 59.4 Å². The number of benzene rings is 2. The Balaban J connectivity index is 1.83. The van der Waals surface area contributed by atoms with Gasteiger partial charge in [-0.2, -0.15) is 9.78 Å². The van der Waals surface area contributed by atoms with E-state index in [0.29, 0.717) is 49.3 Å². The Hall–Kier alpha value is -2.24. The molecule has 0 spiro atoms. The third-order valence-corrected chi connectivity index (χ3v) is 8.57. The van der Waals surface area contributed by atoms with Crippen LogP contribution in [-0.4, -0.2) is 35.0 Å². The van der Waals surface area contributed by atoms with Crippen LogP contribution in [0.15, 0.2) is 47.6 Å². The van der Waals surface area contributed by atoms with E-state index in [2.05, 4.69) is 52.9 Å². The standard InChI is InChI=1S/C25H25Br3N4O4/c1-2-35-19-10-15(21(27)22(28)23(19)36-13-20(29)33)12-30-32-24(14-6-4-3-5-7-14)31-18-9-8-16(26)11-17(18)25(32)34/h8-12,14H,2-7,13H2,1H3,(H2,29,33). The largest absolute Gasteiger partial charge is 0.490 e. The van der Waals surface area contributed by atoms with E-state index in [0.717, 1.165) is 30.2 Å². The van der Waals surface area contributed by atoms with Gasteiger partial charge in [0.05, 0.1) is 28.2 Å². The maximum Gasteiger partial charge on any atom is 0.282 e. The molecule has 1 aromatic heterocycles. The molecule has 8 nitrogen and oxygen atoms in total. The third-order valence-electron chi connectivity index (χ3n) is 5.93. The van der Waals surface area contributed by atoms with Gasteiger partial charge in [-0.15, -0.1) is 0 Å². The summed E-state index contributed by atoms with van der Waals surface area (Å²) in [7, 11) is 0. The van der Waals surface area contributed by atoms with Gasteiger partial charge in [-0.05, 0) is 75.9 Å². The molecule has 0 aliphatic heterocycles. The number of aromatic nitrogens is 2. The lowest BCUT2D eigenvalue weighted by molar-refractivity contribution is -0.119. The minimum absolute atomic E-state index is 0.162. The Morgan fingerprint density at radius 3 is 2.61 bits per heavy atom. The second kappa shape index (κ2) is 11.9. The van der Waals surface area contributed by atoms with Crippen molar-refractivity contribution in [1.29, 1.82) is 0 Å². The zero-order valence-corrected chi connectivity index (χ0v) is 24.4. The van der Waals surface area contributed by atoms with Crippen molar-refractivity contribution >= 4 is 70.8 Å². The summed E-state index contributed by atoms with van der Waals surface area (Å²) in [6, 6.07) is 7.24. The van der Waals surface area contributed by atoms with Crippen LogP contribution < -0.4 is 20.8 Å². The fraction of sp³-hybridized carbons (Fsp3) is 0.360. The van der Waals surface area contributed by atoms with E-state index in [4.69, 9.17) is 20.2 Å². The normalized spacial score (nSPS) is 14.4. The number of halogens is 3. The van der Waals surface area contributed by atoms with Crippen molar-refractivity contribution in [2.75, 3.05) is 13.2 Å². The Bertz CT molecular complexity index is 1380. The first kappa shape index (κ1) is 26.8. The number of nitrogens with two attached hydrogens (primary N) is 1. The summed E-state index contributed by atoms with van der Waals surface area (Å²) in [6.07, 6.45) is 6.93. The van der Waals surface area contributed by atoms with Crippen LogP contribution in [0.5, 0.6) is 11.5 Å². The molecule has 0 atom stereocenters. The number of primary amides is 1. The summed E-state index contributed by atoms with van der Waals surface area (Å²) in [5.74, 6) is 0.992. The summed E-state index contributed by atoms with van der Waals surface area (Å²) >= 11 is 10.5. The molecule has 1 fully saturated rings. The molecule has 0 radical (unpaired) electrons. The maximum absolute atomic E-state index is 13.6. The van der Waals surface area contributed by atoms with E-state index in [1.165, 1.54) is 11.1 Å². The van der Waals surface area contributed by atoms with Crippen LogP contribution in [0, 0.1) is 0 Å². The van der Waals surface area contributed by atoms with Gasteiger partial charge in [-0.25, -0.2) is 4.98 Å². The number of amides is 1. The highest BCUT2D eigenvalue weighted by atomic mass is 79.9. The Morgan fingerprint density at radius 1 is 1.17 bits per heavy atom. The van der Waals surface area contributed by atoms with Gasteiger partial charge in [0, 0.05) is 20.4 Å². The molecule has 0 bridgehead atoms. The van der Waals surface area contributed by atoms with E-state index in [-0.39, 0.29) is 18.1 Å². The van der Waals surface area contributed by atoms with Gasteiger partial charge in [0.25, 0.3) is 11.5 Å². The summed E-state index contributed by atoms with van der Waals surface area (Å²) in [5, 5.41) is 5.11. The number of fused-ring (bicyclic) bond motifs is 1. The molecule has 2 N–H and O–H groups in total. The van der Waals surface area contributed by atoms with Crippen molar-refractivity contribution in [2.24, 2.45) is 10.8 Å². The predicted molar refractivity (Wildman–Crippen MR) is 150 cm³/mol. The number of carbonyl (C=O) groups is 1. The minimum Gasteiger partial charge on any atom is -0.490 e. The van der Waals surface area contributed by atoms with E-state index in [9.17, 15) is 9.59 Å². The van der Waals surface area contributed by atoms with E-state index in [1.807, 2.05) is 19.1 Å². The molecular formula is C25H25Br3N4O4. The summed E-state index contributed by atoms with van der Waals surface area (Å²) in [4.78, 5) is 29.7. The highest BCUT2D eigenvalue weighted by Crippen LogP contribution is 2.42. The second-order valence-corrected chi connectivity index (χ2v) is 10.9. The van der Waals surface area contributed by atoms with Crippen LogP contribution >= 0.6 is 47.8 Å². The molecule has 4 rings (SSSR count). The van der Waals surface area contributed by atoms with Gasteiger partial charge < -0.3 is 15.2 Å². The average molecular weight is 685 g/mol. The van der Waals surface area contributed by atoms with Gasteiger partial charge in [-0.1, -0.05) is 35.2 Å². The molecule has 1 saturated carbocycles. The Kier molecular flexibility index (Phi) is 8.84. The molecule has 0 unspecified atom stereocenters. The second-order valence-electron chi connectivity index (χ2n) is 8.44. The number of ether oxygens (including phenoxy) is 2. The first-order chi connectivity index (χ1) is 17.3. The van der Waals surface area contributed by atoms with Crippen LogP contribution in [-0.2, 0) is 4.79 Å². The summed E-state index contributed by atoms with van der Waals surface area (Å²) in [5.41, 5.74) is 6.32. The minimum atomic E-state index is -0.601. The highest BCUT2D eigenvalue weighted by molar-refractivity contribution is 9.13. The lowest BCUT2D eigenvalue weighted by atomic mass is 9.88. The number of carbonyl (C=O) groups excluding carboxylic acids is 1. The molecule has 1 aliphatic rings. The third kappa shape index (κ3) is 5.84. The Morgan fingerprint density at radius 2 is 1.92 bits per heavy atom. The van der Waals surface area contributed by atoms with Crippen molar-refractivity contribution in [3.8, 4) is 11.5 Å². The molecule has 190 valence electrons. The zero-order valence-electron chi connectivity index (χ0n) is 19.6. The summed E-state index contributed by atoms with van der Waals surface area (Å²) in [6.45, 7) is 1.93. The molecule has 0 saturated heterocycles. The molecular weight excluding hydrogens is 660 g/mol. The fourth-order valence-corrected chi connectivity index (χ4v) is 5.56. The maximum atomic E-state index is 13.6. The van der Waals surface area contributed by atoms with Crippen LogP contribution in [0.1, 0.15) is 56.3 Å². The van der Waals surface area contributed by atoms with Crippen molar-refractivity contribution in [2.45, 2.75) is 44.9 Å². The Labute approximate surface area is 233 Å². The topological polar surface area (TPSA) is 109 Å². The SMILES string of the molecule is CCOc1cc(C=Nn2c(C3CCCCC3)nc3ccc(Br)cc3c2=O)c(Br)c(Br)c1OCC(N)=O. The van der Waals surface area contributed by atoms with E-state index < -0.39 is 5.91 Å². The molecule has 1 amide bonds. The predicted octanol–water partition coefficient (Wildman–Crippen LogP) is 5.88. The quantitative estimate of drug-likeness (QED) is 0.299.